The molecule has 1 N–H and O–H groups in total. The monoisotopic (exact) mass is 314 g/mol. The number of H-pyrrole nitrogens is 1. The van der Waals surface area contributed by atoms with Gasteiger partial charge in [0.15, 0.2) is 0 Å². The summed E-state index contributed by atoms with van der Waals surface area (Å²) in [6, 6.07) is 1.68. The third kappa shape index (κ3) is 3.17. The molecule has 0 radical (unpaired) electrons. The van der Waals surface area contributed by atoms with Gasteiger partial charge in [-0.2, -0.15) is 0 Å². The summed E-state index contributed by atoms with van der Waals surface area (Å²) in [7, 11) is 0. The summed E-state index contributed by atoms with van der Waals surface area (Å²) >= 11 is 4.84. The van der Waals surface area contributed by atoms with Gasteiger partial charge in [0.05, 0.1) is 10.7 Å². The van der Waals surface area contributed by atoms with Crippen molar-refractivity contribution in [3.8, 4) is 0 Å². The molecule has 2 aromatic rings. The fraction of sp³-hybridized carbons (Fsp3) is 0.273. The third-order valence-corrected chi connectivity index (χ3v) is 3.62. The fourth-order valence-electron chi connectivity index (χ4n) is 1.28. The highest BCUT2D eigenvalue weighted by Gasteiger charge is 2.10. The topological polar surface area (TPSA) is 55.0 Å². The molecular weight excluding hydrogens is 304 g/mol. The molecule has 0 unspecified atom stereocenters. The Morgan fingerprint density at radius 3 is 3.06 bits per heavy atom. The largest absolute Gasteiger partial charge is 0.454 e. The summed E-state index contributed by atoms with van der Waals surface area (Å²) in [6.45, 7) is 2.26. The molecule has 6 heteroatoms. The van der Waals surface area contributed by atoms with Crippen LogP contribution in [0.1, 0.15) is 28.1 Å². The molecule has 17 heavy (non-hydrogen) atoms. The summed E-state index contributed by atoms with van der Waals surface area (Å²) in [5.41, 5.74) is 1.23. The van der Waals surface area contributed by atoms with E-state index in [-0.39, 0.29) is 12.6 Å². The molecule has 0 aliphatic heterocycles. The lowest BCUT2D eigenvalue weighted by Gasteiger charge is -2.00. The van der Waals surface area contributed by atoms with Gasteiger partial charge in [0, 0.05) is 16.0 Å². The van der Waals surface area contributed by atoms with Crippen molar-refractivity contribution in [3.63, 3.8) is 0 Å². The van der Waals surface area contributed by atoms with Crippen LogP contribution in [-0.2, 0) is 17.8 Å². The van der Waals surface area contributed by atoms with Gasteiger partial charge in [0.2, 0.25) is 0 Å². The molecule has 90 valence electrons. The summed E-state index contributed by atoms with van der Waals surface area (Å²) in [5.74, 6) is -0.373. The predicted octanol–water partition coefficient (Wildman–Crippen LogP) is 3.15. The molecule has 0 spiro atoms. The first-order valence-corrected chi connectivity index (χ1v) is 6.80. The van der Waals surface area contributed by atoms with Crippen molar-refractivity contribution in [2.24, 2.45) is 0 Å². The van der Waals surface area contributed by atoms with Crippen LogP contribution < -0.4 is 0 Å². The maximum Gasteiger partial charge on any atom is 0.355 e. The number of esters is 1. The zero-order valence-electron chi connectivity index (χ0n) is 9.20. The Hall–Kier alpha value is -1.14. The molecular formula is C11H11BrN2O2S. The van der Waals surface area contributed by atoms with Crippen molar-refractivity contribution in [1.29, 1.82) is 0 Å². The van der Waals surface area contributed by atoms with Gasteiger partial charge in [0.1, 0.15) is 12.3 Å². The highest BCUT2D eigenvalue weighted by molar-refractivity contribution is 9.10. The van der Waals surface area contributed by atoms with Crippen LogP contribution in [0.4, 0.5) is 0 Å². The lowest BCUT2D eigenvalue weighted by atomic mass is 10.4. The number of carbonyl (C=O) groups excluding carboxylic acids is 1. The summed E-state index contributed by atoms with van der Waals surface area (Å²) in [4.78, 5) is 18.7. The molecule has 0 saturated heterocycles. The Kier molecular flexibility index (Phi) is 3.96. The van der Waals surface area contributed by atoms with E-state index in [1.165, 1.54) is 0 Å². The molecule has 0 amide bonds. The molecule has 0 saturated carbocycles. The average molecular weight is 315 g/mol. The van der Waals surface area contributed by atoms with E-state index < -0.39 is 0 Å². The molecule has 0 fully saturated rings. The number of aryl methyl sites for hydroxylation is 1. The zero-order valence-corrected chi connectivity index (χ0v) is 11.6. The standard InChI is InChI=1S/C11H11BrN2O2S/c1-2-10-14-8(6-17-10)5-16-11(15)9-3-7(12)4-13-9/h3-4,6,13H,2,5H2,1H3. The van der Waals surface area contributed by atoms with Crippen LogP contribution in [0.25, 0.3) is 0 Å². The number of thiazole rings is 1. The lowest BCUT2D eigenvalue weighted by Crippen LogP contribution is -2.05. The van der Waals surface area contributed by atoms with Crippen molar-refractivity contribution in [2.45, 2.75) is 20.0 Å². The van der Waals surface area contributed by atoms with Crippen molar-refractivity contribution in [1.82, 2.24) is 9.97 Å². The maximum absolute atomic E-state index is 11.6. The van der Waals surface area contributed by atoms with Crippen LogP contribution in [0.3, 0.4) is 0 Å². The smallest absolute Gasteiger partial charge is 0.355 e. The van der Waals surface area contributed by atoms with Gasteiger partial charge in [-0.15, -0.1) is 11.3 Å². The number of nitrogens with zero attached hydrogens (tertiary/aromatic N) is 1. The number of hydrogen-bond donors (Lipinski definition) is 1. The van der Waals surface area contributed by atoms with Gasteiger partial charge >= 0.3 is 5.97 Å². The summed E-state index contributed by atoms with van der Waals surface area (Å²) in [6.07, 6.45) is 2.59. The Morgan fingerprint density at radius 1 is 1.65 bits per heavy atom. The van der Waals surface area contributed by atoms with E-state index in [9.17, 15) is 4.79 Å². The number of ether oxygens (including phenoxy) is 1. The first kappa shape index (κ1) is 12.3. The van der Waals surface area contributed by atoms with E-state index in [2.05, 4.69) is 25.9 Å². The van der Waals surface area contributed by atoms with E-state index in [0.29, 0.717) is 5.69 Å². The number of hydrogen-bond acceptors (Lipinski definition) is 4. The van der Waals surface area contributed by atoms with Crippen molar-refractivity contribution >= 4 is 33.2 Å². The Morgan fingerprint density at radius 2 is 2.47 bits per heavy atom. The van der Waals surface area contributed by atoms with Crippen molar-refractivity contribution < 1.29 is 9.53 Å². The van der Waals surface area contributed by atoms with Crippen LogP contribution in [-0.4, -0.2) is 15.9 Å². The van der Waals surface area contributed by atoms with Crippen molar-refractivity contribution in [2.75, 3.05) is 0 Å². The number of nitrogens with one attached hydrogen (secondary N) is 1. The quantitative estimate of drug-likeness (QED) is 0.882. The summed E-state index contributed by atoms with van der Waals surface area (Å²) in [5, 5.41) is 2.97. The maximum atomic E-state index is 11.6. The number of aromatic nitrogens is 2. The van der Waals surface area contributed by atoms with E-state index in [1.54, 1.807) is 23.6 Å². The van der Waals surface area contributed by atoms with E-state index in [1.807, 2.05) is 12.3 Å². The average Bonchev–Trinajstić information content (AvgIpc) is 2.94. The molecule has 2 rings (SSSR count). The molecule has 2 aromatic heterocycles. The lowest BCUT2D eigenvalue weighted by molar-refractivity contribution is 0.0462. The number of aromatic amines is 1. The molecule has 4 nitrogen and oxygen atoms in total. The molecule has 0 bridgehead atoms. The van der Waals surface area contributed by atoms with E-state index >= 15 is 0 Å². The van der Waals surface area contributed by atoms with Crippen LogP contribution in [0, 0.1) is 0 Å². The Balaban J connectivity index is 1.92. The highest BCUT2D eigenvalue weighted by atomic mass is 79.9. The minimum atomic E-state index is -0.373. The number of halogens is 1. The molecule has 2 heterocycles. The van der Waals surface area contributed by atoms with Crippen LogP contribution in [0.15, 0.2) is 22.1 Å². The van der Waals surface area contributed by atoms with Gasteiger partial charge in [-0.05, 0) is 28.4 Å². The van der Waals surface area contributed by atoms with Crippen molar-refractivity contribution in [3.05, 3.63) is 38.5 Å². The number of carbonyl (C=O) groups is 1. The first-order valence-electron chi connectivity index (χ1n) is 5.13. The number of rotatable bonds is 4. The van der Waals surface area contributed by atoms with Gasteiger partial charge in [0.25, 0.3) is 0 Å². The SMILES string of the molecule is CCc1nc(COC(=O)c2cc(Br)c[nH]2)cs1. The fourth-order valence-corrected chi connectivity index (χ4v) is 2.35. The second-order valence-corrected chi connectivity index (χ2v) is 5.25. The highest BCUT2D eigenvalue weighted by Crippen LogP contribution is 2.14. The van der Waals surface area contributed by atoms with Crippen LogP contribution >= 0.6 is 27.3 Å². The normalized spacial score (nSPS) is 10.5. The van der Waals surface area contributed by atoms with Crippen LogP contribution in [0.5, 0.6) is 0 Å². The Labute approximate surface area is 111 Å². The second kappa shape index (κ2) is 5.46. The second-order valence-electron chi connectivity index (χ2n) is 3.39. The summed E-state index contributed by atoms with van der Waals surface area (Å²) < 4.78 is 5.96. The molecule has 0 atom stereocenters. The minimum absolute atomic E-state index is 0.214. The Bertz CT molecular complexity index is 521. The first-order chi connectivity index (χ1) is 8.19. The predicted molar refractivity (Wildman–Crippen MR) is 69.1 cm³/mol. The van der Waals surface area contributed by atoms with Gasteiger partial charge in [-0.25, -0.2) is 9.78 Å². The van der Waals surface area contributed by atoms with Gasteiger partial charge < -0.3 is 9.72 Å². The molecule has 0 aliphatic carbocycles. The van der Waals surface area contributed by atoms with Gasteiger partial charge in [-0.3, -0.25) is 0 Å². The minimum Gasteiger partial charge on any atom is -0.454 e. The molecule has 0 aromatic carbocycles. The molecule has 0 aliphatic rings. The van der Waals surface area contributed by atoms with E-state index in [4.69, 9.17) is 4.74 Å². The van der Waals surface area contributed by atoms with E-state index in [0.717, 1.165) is 21.6 Å². The third-order valence-electron chi connectivity index (χ3n) is 2.12. The zero-order chi connectivity index (χ0) is 12.3. The van der Waals surface area contributed by atoms with Gasteiger partial charge in [-0.1, -0.05) is 6.92 Å². The van der Waals surface area contributed by atoms with Crippen LogP contribution in [0.2, 0.25) is 0 Å².